The van der Waals surface area contributed by atoms with Crippen LogP contribution in [0.15, 0.2) is 59.7 Å². The molecule has 0 spiro atoms. The summed E-state index contributed by atoms with van der Waals surface area (Å²) in [5, 5.41) is 3.00. The van der Waals surface area contributed by atoms with Gasteiger partial charge in [-0.05, 0) is 44.0 Å². The molecule has 0 fully saturated rings. The molecule has 0 saturated carbocycles. The third-order valence-electron chi connectivity index (χ3n) is 4.31. The summed E-state index contributed by atoms with van der Waals surface area (Å²) in [4.78, 5) is 32.3. The number of aromatic nitrogens is 2. The molecule has 1 aromatic carbocycles. The van der Waals surface area contributed by atoms with Gasteiger partial charge in [-0.15, -0.1) is 0 Å². The van der Waals surface area contributed by atoms with Crippen LogP contribution in [0.1, 0.15) is 44.5 Å². The molecule has 0 aliphatic rings. The number of hydrogen-bond donors (Lipinski definition) is 2. The minimum Gasteiger partial charge on any atom is -0.362 e. The molecule has 5 heteroatoms. The van der Waals surface area contributed by atoms with E-state index in [1.54, 1.807) is 26.2 Å². The van der Waals surface area contributed by atoms with Gasteiger partial charge in [-0.2, -0.15) is 0 Å². The van der Waals surface area contributed by atoms with E-state index in [4.69, 9.17) is 0 Å². The van der Waals surface area contributed by atoms with Crippen molar-refractivity contribution in [2.45, 2.75) is 26.8 Å². The second kappa shape index (κ2) is 7.35. The Balaban J connectivity index is 2.00. The van der Waals surface area contributed by atoms with Crippen LogP contribution < -0.4 is 10.7 Å². The van der Waals surface area contributed by atoms with E-state index < -0.39 is 5.91 Å². The quantitative estimate of drug-likeness (QED) is 0.761. The first kappa shape index (κ1) is 17.6. The van der Waals surface area contributed by atoms with E-state index in [-0.39, 0.29) is 17.0 Å². The van der Waals surface area contributed by atoms with E-state index in [9.17, 15) is 9.59 Å². The number of aryl methyl sites for hydroxylation is 3. The first-order chi connectivity index (χ1) is 12.5. The highest BCUT2D eigenvalue weighted by molar-refractivity contribution is 5.95. The highest BCUT2D eigenvalue weighted by Gasteiger charge is 2.21. The van der Waals surface area contributed by atoms with Gasteiger partial charge in [-0.3, -0.25) is 14.6 Å². The number of pyridine rings is 2. The number of hydrogen-bond acceptors (Lipinski definition) is 3. The molecular weight excluding hydrogens is 326 g/mol. The highest BCUT2D eigenvalue weighted by atomic mass is 16.2. The molecule has 0 bridgehead atoms. The van der Waals surface area contributed by atoms with Crippen molar-refractivity contribution in [1.82, 2.24) is 15.3 Å². The fraction of sp³-hybridized carbons (Fsp3) is 0.190. The second-order valence-corrected chi connectivity index (χ2v) is 6.41. The Morgan fingerprint density at radius 1 is 1.00 bits per heavy atom. The number of H-pyrrole nitrogens is 1. The highest BCUT2D eigenvalue weighted by Crippen LogP contribution is 2.22. The van der Waals surface area contributed by atoms with Gasteiger partial charge in [0.25, 0.3) is 5.91 Å². The van der Waals surface area contributed by atoms with Crippen molar-refractivity contribution in [3.63, 3.8) is 0 Å². The smallest absolute Gasteiger partial charge is 0.257 e. The summed E-state index contributed by atoms with van der Waals surface area (Å²) >= 11 is 0. The summed E-state index contributed by atoms with van der Waals surface area (Å²) in [5.41, 5.74) is 4.13. The van der Waals surface area contributed by atoms with Gasteiger partial charge in [-0.25, -0.2) is 0 Å². The standard InChI is InChI=1S/C21H21N3O2/c1-13-4-6-16(7-5-13)20(17-8-10-22-11-9-17)24-21(26)19-15(3)23-14(2)12-18(19)25/h4-12,20H,1-3H3,(H,23,25)(H,24,26)/t20-/m0/s1. The summed E-state index contributed by atoms with van der Waals surface area (Å²) in [5.74, 6) is -0.397. The van der Waals surface area contributed by atoms with E-state index in [1.165, 1.54) is 6.07 Å². The molecule has 0 unspecified atom stereocenters. The number of nitrogens with zero attached hydrogens (tertiary/aromatic N) is 1. The van der Waals surface area contributed by atoms with Crippen LogP contribution in [0.5, 0.6) is 0 Å². The minimum absolute atomic E-state index is 0.141. The van der Waals surface area contributed by atoms with Crippen molar-refractivity contribution in [3.05, 3.63) is 98.7 Å². The molecule has 0 aliphatic heterocycles. The Morgan fingerprint density at radius 3 is 2.23 bits per heavy atom. The molecule has 2 N–H and O–H groups in total. The van der Waals surface area contributed by atoms with E-state index in [2.05, 4.69) is 15.3 Å². The van der Waals surface area contributed by atoms with E-state index in [0.29, 0.717) is 5.69 Å². The normalized spacial score (nSPS) is 11.8. The van der Waals surface area contributed by atoms with Gasteiger partial charge in [0.15, 0.2) is 5.43 Å². The first-order valence-electron chi connectivity index (χ1n) is 8.43. The summed E-state index contributed by atoms with van der Waals surface area (Å²) in [7, 11) is 0. The lowest BCUT2D eigenvalue weighted by atomic mass is 9.98. The minimum atomic E-state index is -0.397. The van der Waals surface area contributed by atoms with E-state index in [0.717, 1.165) is 22.4 Å². The molecule has 5 nitrogen and oxygen atoms in total. The monoisotopic (exact) mass is 347 g/mol. The molecule has 1 amide bonds. The van der Waals surface area contributed by atoms with E-state index in [1.807, 2.05) is 43.3 Å². The Labute approximate surface area is 152 Å². The average molecular weight is 347 g/mol. The Hall–Kier alpha value is -3.21. The predicted octanol–water partition coefficient (Wildman–Crippen LogP) is 3.21. The van der Waals surface area contributed by atoms with Crippen LogP contribution in [0.2, 0.25) is 0 Å². The molecule has 3 rings (SSSR count). The van der Waals surface area contributed by atoms with Crippen LogP contribution in [-0.2, 0) is 0 Å². The molecule has 3 aromatic rings. The molecule has 1 atom stereocenters. The van der Waals surface area contributed by atoms with E-state index >= 15 is 0 Å². The summed E-state index contributed by atoms with van der Waals surface area (Å²) in [6.07, 6.45) is 3.37. The van der Waals surface area contributed by atoms with Crippen LogP contribution in [0.25, 0.3) is 0 Å². The SMILES string of the molecule is Cc1ccc([C@H](NC(=O)c2c(C)[nH]c(C)cc2=O)c2ccncc2)cc1. The van der Waals surface area contributed by atoms with Gasteiger partial charge < -0.3 is 10.3 Å². The molecule has 0 saturated heterocycles. The average Bonchev–Trinajstić information content (AvgIpc) is 2.60. The molecule has 26 heavy (non-hydrogen) atoms. The zero-order valence-corrected chi connectivity index (χ0v) is 15.0. The van der Waals surface area contributed by atoms with Gasteiger partial charge in [0.05, 0.1) is 6.04 Å². The van der Waals surface area contributed by atoms with Crippen LogP contribution in [0.4, 0.5) is 0 Å². The maximum Gasteiger partial charge on any atom is 0.257 e. The lowest BCUT2D eigenvalue weighted by Crippen LogP contribution is -2.33. The summed E-state index contributed by atoms with van der Waals surface area (Å²) in [6.45, 7) is 5.54. The fourth-order valence-electron chi connectivity index (χ4n) is 3.01. The molecule has 2 heterocycles. The third kappa shape index (κ3) is 3.72. The maximum absolute atomic E-state index is 12.9. The number of benzene rings is 1. The maximum atomic E-state index is 12.9. The van der Waals surface area contributed by atoms with Crippen LogP contribution >= 0.6 is 0 Å². The largest absolute Gasteiger partial charge is 0.362 e. The molecule has 132 valence electrons. The lowest BCUT2D eigenvalue weighted by Gasteiger charge is -2.20. The van der Waals surface area contributed by atoms with Gasteiger partial charge in [-0.1, -0.05) is 29.8 Å². The van der Waals surface area contributed by atoms with Crippen molar-refractivity contribution in [2.24, 2.45) is 0 Å². The zero-order chi connectivity index (χ0) is 18.7. The second-order valence-electron chi connectivity index (χ2n) is 6.41. The van der Waals surface area contributed by atoms with Crippen LogP contribution in [0.3, 0.4) is 0 Å². The Morgan fingerprint density at radius 2 is 1.62 bits per heavy atom. The number of carbonyl (C=O) groups excluding carboxylic acids is 1. The number of aromatic amines is 1. The van der Waals surface area contributed by atoms with Crippen molar-refractivity contribution < 1.29 is 4.79 Å². The van der Waals surface area contributed by atoms with Crippen molar-refractivity contribution >= 4 is 5.91 Å². The fourth-order valence-corrected chi connectivity index (χ4v) is 3.01. The van der Waals surface area contributed by atoms with Gasteiger partial charge in [0, 0.05) is 29.8 Å². The summed E-state index contributed by atoms with van der Waals surface area (Å²) in [6, 6.07) is 12.7. The number of nitrogens with one attached hydrogen (secondary N) is 2. The van der Waals surface area contributed by atoms with Crippen LogP contribution in [0, 0.1) is 20.8 Å². The first-order valence-corrected chi connectivity index (χ1v) is 8.43. The Kier molecular flexibility index (Phi) is 4.98. The van der Waals surface area contributed by atoms with Gasteiger partial charge >= 0.3 is 0 Å². The van der Waals surface area contributed by atoms with Crippen molar-refractivity contribution in [1.29, 1.82) is 0 Å². The topological polar surface area (TPSA) is 74.8 Å². The molecule has 2 aromatic heterocycles. The number of amides is 1. The summed E-state index contributed by atoms with van der Waals surface area (Å²) < 4.78 is 0. The number of rotatable bonds is 4. The molecule has 0 aliphatic carbocycles. The van der Waals surface area contributed by atoms with Gasteiger partial charge in [0.2, 0.25) is 0 Å². The Bertz CT molecular complexity index is 976. The number of carbonyl (C=O) groups is 1. The predicted molar refractivity (Wildman–Crippen MR) is 101 cm³/mol. The van der Waals surface area contributed by atoms with Crippen molar-refractivity contribution in [3.8, 4) is 0 Å². The van der Waals surface area contributed by atoms with Crippen molar-refractivity contribution in [2.75, 3.05) is 0 Å². The third-order valence-corrected chi connectivity index (χ3v) is 4.31. The zero-order valence-electron chi connectivity index (χ0n) is 15.0. The van der Waals surface area contributed by atoms with Gasteiger partial charge in [0.1, 0.15) is 5.56 Å². The molecular formula is C21H21N3O2. The van der Waals surface area contributed by atoms with Crippen LogP contribution in [-0.4, -0.2) is 15.9 Å². The molecule has 0 radical (unpaired) electrons. The lowest BCUT2D eigenvalue weighted by molar-refractivity contribution is 0.0941.